The van der Waals surface area contributed by atoms with Crippen LogP contribution in [-0.4, -0.2) is 40.5 Å². The molecule has 0 aliphatic carbocycles. The monoisotopic (exact) mass is 274 g/mol. The first-order valence-electron chi connectivity index (χ1n) is 6.06. The molecule has 0 aromatic carbocycles. The molecule has 6 heteroatoms. The molecule has 2 aromatic heterocycles. The van der Waals surface area contributed by atoms with E-state index in [2.05, 4.69) is 4.98 Å². The van der Waals surface area contributed by atoms with Crippen molar-refractivity contribution in [2.75, 3.05) is 13.6 Å². The van der Waals surface area contributed by atoms with Gasteiger partial charge in [-0.05, 0) is 24.3 Å². The number of rotatable bonds is 5. The van der Waals surface area contributed by atoms with E-state index in [1.165, 1.54) is 17.0 Å². The number of carbonyl (C=O) groups is 2. The zero-order valence-corrected chi connectivity index (χ0v) is 10.9. The molecule has 0 saturated heterocycles. The van der Waals surface area contributed by atoms with Gasteiger partial charge in [-0.15, -0.1) is 0 Å². The smallest absolute Gasteiger partial charge is 0.371 e. The van der Waals surface area contributed by atoms with Gasteiger partial charge in [0.1, 0.15) is 0 Å². The van der Waals surface area contributed by atoms with Gasteiger partial charge in [0.25, 0.3) is 5.91 Å². The second kappa shape index (κ2) is 6.01. The SMILES string of the molecule is CN(CCc1ccccn1)C(=O)c1ccc(C(=O)O)o1. The molecule has 1 N–H and O–H groups in total. The highest BCUT2D eigenvalue weighted by Crippen LogP contribution is 2.10. The van der Waals surface area contributed by atoms with E-state index in [4.69, 9.17) is 9.52 Å². The van der Waals surface area contributed by atoms with Crippen LogP contribution in [0.25, 0.3) is 0 Å². The Hall–Kier alpha value is -2.63. The van der Waals surface area contributed by atoms with Crippen LogP contribution in [0.2, 0.25) is 0 Å². The number of furan rings is 1. The minimum absolute atomic E-state index is 0.0194. The Bertz CT molecular complexity index is 607. The molecular weight excluding hydrogens is 260 g/mol. The molecule has 2 heterocycles. The molecule has 0 atom stereocenters. The molecule has 0 bridgehead atoms. The first-order valence-corrected chi connectivity index (χ1v) is 6.06. The van der Waals surface area contributed by atoms with Gasteiger partial charge in [0.15, 0.2) is 5.76 Å². The molecule has 0 fully saturated rings. The van der Waals surface area contributed by atoms with E-state index in [0.717, 1.165) is 5.69 Å². The number of nitrogens with zero attached hydrogens (tertiary/aromatic N) is 2. The summed E-state index contributed by atoms with van der Waals surface area (Å²) in [5, 5.41) is 8.74. The van der Waals surface area contributed by atoms with Crippen LogP contribution in [0.5, 0.6) is 0 Å². The summed E-state index contributed by atoms with van der Waals surface area (Å²) in [5.74, 6) is -1.77. The van der Waals surface area contributed by atoms with Gasteiger partial charge in [0.2, 0.25) is 5.76 Å². The van der Waals surface area contributed by atoms with Gasteiger partial charge < -0.3 is 14.4 Å². The summed E-state index contributed by atoms with van der Waals surface area (Å²) in [7, 11) is 1.63. The van der Waals surface area contributed by atoms with E-state index in [9.17, 15) is 9.59 Å². The maximum atomic E-state index is 12.0. The molecule has 2 aromatic rings. The first-order chi connectivity index (χ1) is 9.58. The Labute approximate surface area is 115 Å². The Kier molecular flexibility index (Phi) is 4.14. The molecule has 0 spiro atoms. The number of aromatic nitrogens is 1. The third-order valence-corrected chi connectivity index (χ3v) is 2.80. The van der Waals surface area contributed by atoms with Gasteiger partial charge >= 0.3 is 5.97 Å². The van der Waals surface area contributed by atoms with Crippen LogP contribution in [0.3, 0.4) is 0 Å². The van der Waals surface area contributed by atoms with Crippen molar-refractivity contribution in [3.8, 4) is 0 Å². The fraction of sp³-hybridized carbons (Fsp3) is 0.214. The van der Waals surface area contributed by atoms with E-state index in [1.807, 2.05) is 18.2 Å². The van der Waals surface area contributed by atoms with Gasteiger partial charge in [-0.1, -0.05) is 6.07 Å². The number of likely N-dealkylation sites (N-methyl/N-ethyl adjacent to an activating group) is 1. The molecule has 0 aliphatic rings. The maximum Gasteiger partial charge on any atom is 0.371 e. The Morgan fingerprint density at radius 1 is 1.25 bits per heavy atom. The first kappa shape index (κ1) is 13.8. The van der Waals surface area contributed by atoms with Crippen molar-refractivity contribution in [3.63, 3.8) is 0 Å². The van der Waals surface area contributed by atoms with Gasteiger partial charge in [0, 0.05) is 31.9 Å². The minimum Gasteiger partial charge on any atom is -0.475 e. The van der Waals surface area contributed by atoms with Crippen molar-refractivity contribution in [2.24, 2.45) is 0 Å². The average Bonchev–Trinajstić information content (AvgIpc) is 2.95. The highest BCUT2D eigenvalue weighted by molar-refractivity contribution is 5.93. The van der Waals surface area contributed by atoms with E-state index >= 15 is 0 Å². The van der Waals surface area contributed by atoms with Crippen LogP contribution in [0.15, 0.2) is 40.9 Å². The molecule has 2 rings (SSSR count). The highest BCUT2D eigenvalue weighted by Gasteiger charge is 2.18. The normalized spacial score (nSPS) is 10.2. The zero-order valence-electron chi connectivity index (χ0n) is 10.9. The van der Waals surface area contributed by atoms with Crippen molar-refractivity contribution in [1.29, 1.82) is 0 Å². The predicted octanol–water partition coefficient (Wildman–Crippen LogP) is 1.69. The molecule has 0 saturated carbocycles. The van der Waals surface area contributed by atoms with Crippen LogP contribution >= 0.6 is 0 Å². The molecule has 6 nitrogen and oxygen atoms in total. The fourth-order valence-electron chi connectivity index (χ4n) is 1.69. The summed E-state index contributed by atoms with van der Waals surface area (Å²) in [6.45, 7) is 0.471. The Morgan fingerprint density at radius 3 is 2.60 bits per heavy atom. The topological polar surface area (TPSA) is 83.6 Å². The fourth-order valence-corrected chi connectivity index (χ4v) is 1.69. The standard InChI is InChI=1S/C14H14N2O4/c1-16(9-7-10-4-2-3-8-15-10)13(17)11-5-6-12(20-11)14(18)19/h2-6,8H,7,9H2,1H3,(H,18,19). The second-order valence-corrected chi connectivity index (χ2v) is 4.27. The number of amides is 1. The molecule has 20 heavy (non-hydrogen) atoms. The zero-order chi connectivity index (χ0) is 14.5. The number of pyridine rings is 1. The minimum atomic E-state index is -1.19. The van der Waals surface area contributed by atoms with Crippen molar-refractivity contribution in [1.82, 2.24) is 9.88 Å². The van der Waals surface area contributed by atoms with E-state index < -0.39 is 5.97 Å². The number of hydrogen-bond donors (Lipinski definition) is 1. The van der Waals surface area contributed by atoms with Crippen LogP contribution in [-0.2, 0) is 6.42 Å². The van der Waals surface area contributed by atoms with Crippen LogP contribution in [0, 0.1) is 0 Å². The predicted molar refractivity (Wildman–Crippen MR) is 70.6 cm³/mol. The van der Waals surface area contributed by atoms with Gasteiger partial charge in [-0.3, -0.25) is 9.78 Å². The number of hydrogen-bond acceptors (Lipinski definition) is 4. The van der Waals surface area contributed by atoms with E-state index in [1.54, 1.807) is 13.2 Å². The molecule has 0 radical (unpaired) electrons. The number of carbonyl (C=O) groups excluding carboxylic acids is 1. The van der Waals surface area contributed by atoms with Crippen molar-refractivity contribution in [3.05, 3.63) is 53.7 Å². The quantitative estimate of drug-likeness (QED) is 0.896. The van der Waals surface area contributed by atoms with E-state index in [-0.39, 0.29) is 17.4 Å². The largest absolute Gasteiger partial charge is 0.475 e. The van der Waals surface area contributed by atoms with E-state index in [0.29, 0.717) is 13.0 Å². The molecule has 1 amide bonds. The molecule has 104 valence electrons. The molecule has 0 aliphatic heterocycles. The molecular formula is C14H14N2O4. The number of carboxylic acid groups (broad SMARTS) is 1. The highest BCUT2D eigenvalue weighted by atomic mass is 16.4. The maximum absolute atomic E-state index is 12.0. The molecule has 0 unspecified atom stereocenters. The third kappa shape index (κ3) is 3.23. The lowest BCUT2D eigenvalue weighted by Gasteiger charge is -2.15. The van der Waals surface area contributed by atoms with Gasteiger partial charge in [0.05, 0.1) is 0 Å². The lowest BCUT2D eigenvalue weighted by atomic mass is 10.2. The summed E-state index contributed by atoms with van der Waals surface area (Å²) >= 11 is 0. The van der Waals surface area contributed by atoms with Crippen LogP contribution in [0.1, 0.15) is 26.8 Å². The van der Waals surface area contributed by atoms with Gasteiger partial charge in [-0.2, -0.15) is 0 Å². The van der Waals surface area contributed by atoms with Crippen molar-refractivity contribution < 1.29 is 19.1 Å². The summed E-state index contributed by atoms with van der Waals surface area (Å²) < 4.78 is 4.97. The van der Waals surface area contributed by atoms with Gasteiger partial charge in [-0.25, -0.2) is 4.79 Å². The van der Waals surface area contributed by atoms with Crippen molar-refractivity contribution in [2.45, 2.75) is 6.42 Å². The lowest BCUT2D eigenvalue weighted by molar-refractivity contribution is 0.0654. The van der Waals surface area contributed by atoms with Crippen molar-refractivity contribution >= 4 is 11.9 Å². The summed E-state index contributed by atoms with van der Waals surface area (Å²) in [4.78, 5) is 28.4. The van der Waals surface area contributed by atoms with Crippen LogP contribution in [0.4, 0.5) is 0 Å². The lowest BCUT2D eigenvalue weighted by Crippen LogP contribution is -2.28. The third-order valence-electron chi connectivity index (χ3n) is 2.80. The number of carboxylic acids is 1. The second-order valence-electron chi connectivity index (χ2n) is 4.27. The summed E-state index contributed by atoms with van der Waals surface area (Å²) in [5.41, 5.74) is 0.887. The average molecular weight is 274 g/mol. The Morgan fingerprint density at radius 2 is 2.00 bits per heavy atom. The Balaban J connectivity index is 1.96. The number of aromatic carboxylic acids is 1. The summed E-state index contributed by atoms with van der Waals surface area (Å²) in [6, 6.07) is 8.23. The summed E-state index contributed by atoms with van der Waals surface area (Å²) in [6.07, 6.45) is 2.32. The van der Waals surface area contributed by atoms with Crippen LogP contribution < -0.4 is 0 Å².